The number of ether oxygens (including phenoxy) is 1. The molecule has 4 aliphatic carbocycles. The largest absolute Gasteiger partial charge is 0.393 e. The maximum Gasteiger partial charge on any atom is 0.159 e. The van der Waals surface area contributed by atoms with Crippen molar-refractivity contribution in [3.63, 3.8) is 0 Å². The van der Waals surface area contributed by atoms with Gasteiger partial charge in [-0.05, 0) is 37.5 Å². The summed E-state index contributed by atoms with van der Waals surface area (Å²) in [6.07, 6.45) is -11.4. The van der Waals surface area contributed by atoms with Gasteiger partial charge >= 0.3 is 0 Å². The SMILES string of the molecule is CCCCCC1C2CCCC(O)C2C(O)C2C(O)C3(O)C(O)C(C(O)O)C(O)CC3(O)C(OC(O)CC)C12O. The van der Waals surface area contributed by atoms with Gasteiger partial charge in [-0.2, -0.15) is 0 Å². The Kier molecular flexibility index (Phi) is 9.12. The minimum atomic E-state index is -3.03. The van der Waals surface area contributed by atoms with Gasteiger partial charge in [-0.15, -0.1) is 0 Å². The molecule has 0 aromatic rings. The van der Waals surface area contributed by atoms with E-state index in [0.29, 0.717) is 32.1 Å². The lowest BCUT2D eigenvalue weighted by Crippen LogP contribution is -2.90. The molecule has 15 atom stereocenters. The van der Waals surface area contributed by atoms with E-state index >= 15 is 0 Å². The number of aliphatic hydroxyl groups is 11. The first kappa shape index (κ1) is 31.5. The first-order chi connectivity index (χ1) is 18.2. The fraction of sp³-hybridized carbons (Fsp3) is 1.00. The van der Waals surface area contributed by atoms with Gasteiger partial charge in [0, 0.05) is 18.3 Å². The van der Waals surface area contributed by atoms with Crippen LogP contribution in [0.15, 0.2) is 0 Å². The van der Waals surface area contributed by atoms with Crippen molar-refractivity contribution in [3.8, 4) is 0 Å². The number of hydrogen-bond acceptors (Lipinski definition) is 12. The number of aliphatic hydroxyl groups excluding tert-OH is 7. The summed E-state index contributed by atoms with van der Waals surface area (Å²) < 4.78 is 5.85. The molecular formula is C27H48O12. The third kappa shape index (κ3) is 4.50. The molecule has 0 spiro atoms. The van der Waals surface area contributed by atoms with Crippen LogP contribution in [0.4, 0.5) is 0 Å². The molecule has 4 fully saturated rings. The zero-order valence-electron chi connectivity index (χ0n) is 22.7. The number of hydrogen-bond donors (Lipinski definition) is 11. The summed E-state index contributed by atoms with van der Waals surface area (Å²) >= 11 is 0. The van der Waals surface area contributed by atoms with Crippen molar-refractivity contribution in [2.75, 3.05) is 0 Å². The van der Waals surface area contributed by atoms with Gasteiger partial charge < -0.3 is 60.9 Å². The van der Waals surface area contributed by atoms with Crippen LogP contribution in [0.2, 0.25) is 0 Å². The van der Waals surface area contributed by atoms with Gasteiger partial charge in [-0.1, -0.05) is 39.5 Å². The predicted molar refractivity (Wildman–Crippen MR) is 134 cm³/mol. The summed E-state index contributed by atoms with van der Waals surface area (Å²) in [4.78, 5) is 0. The Morgan fingerprint density at radius 3 is 2.13 bits per heavy atom. The third-order valence-electron chi connectivity index (χ3n) is 10.6. The molecule has 0 radical (unpaired) electrons. The van der Waals surface area contributed by atoms with Crippen molar-refractivity contribution in [1.29, 1.82) is 0 Å². The van der Waals surface area contributed by atoms with Crippen molar-refractivity contribution in [1.82, 2.24) is 0 Å². The van der Waals surface area contributed by atoms with E-state index in [4.69, 9.17) is 4.74 Å². The fourth-order valence-electron chi connectivity index (χ4n) is 8.77. The standard InChI is InChI=1S/C27H48O12/c1-3-5-6-9-13-12-8-7-10-14(28)17(12)20(31)19-22(33)27(38)21(32)18(23(34)35)15(29)11-25(27,36)24(26(13,19)37)39-16(30)4-2/h12-24,28-38H,3-11H2,1-2H3. The summed E-state index contributed by atoms with van der Waals surface area (Å²) in [7, 11) is 0. The van der Waals surface area contributed by atoms with Crippen molar-refractivity contribution in [2.24, 2.45) is 29.6 Å². The van der Waals surface area contributed by atoms with Crippen LogP contribution in [0, 0.1) is 29.6 Å². The quantitative estimate of drug-likeness (QED) is 0.110. The van der Waals surface area contributed by atoms with Crippen LogP contribution in [0.3, 0.4) is 0 Å². The van der Waals surface area contributed by atoms with E-state index in [9.17, 15) is 56.2 Å². The van der Waals surface area contributed by atoms with Gasteiger partial charge in [0.15, 0.2) is 12.6 Å². The number of fused-ring (bicyclic) bond motifs is 3. The van der Waals surface area contributed by atoms with Gasteiger partial charge in [-0.25, -0.2) is 0 Å². The van der Waals surface area contributed by atoms with E-state index in [1.54, 1.807) is 6.92 Å². The molecular weight excluding hydrogens is 516 g/mol. The molecule has 11 N–H and O–H groups in total. The second-order valence-corrected chi connectivity index (χ2v) is 12.5. The Hall–Kier alpha value is -0.480. The van der Waals surface area contributed by atoms with Crippen molar-refractivity contribution < 1.29 is 60.9 Å². The minimum absolute atomic E-state index is 0.00518. The van der Waals surface area contributed by atoms with E-state index in [1.165, 1.54) is 0 Å². The first-order valence-corrected chi connectivity index (χ1v) is 14.5. The average Bonchev–Trinajstić information content (AvgIpc) is 2.86. The van der Waals surface area contributed by atoms with E-state index in [2.05, 4.69) is 0 Å². The molecule has 0 amide bonds. The molecule has 4 rings (SSSR count). The molecule has 4 aliphatic rings. The van der Waals surface area contributed by atoms with Crippen molar-refractivity contribution in [2.45, 2.75) is 138 Å². The molecule has 15 unspecified atom stereocenters. The summed E-state index contributed by atoms with van der Waals surface area (Å²) in [5.41, 5.74) is -8.09. The summed E-state index contributed by atoms with van der Waals surface area (Å²) in [5, 5.41) is 124. The van der Waals surface area contributed by atoms with Crippen LogP contribution >= 0.6 is 0 Å². The van der Waals surface area contributed by atoms with Crippen LogP contribution in [0.1, 0.15) is 71.6 Å². The Morgan fingerprint density at radius 2 is 1.54 bits per heavy atom. The maximum atomic E-state index is 12.7. The lowest BCUT2D eigenvalue weighted by molar-refractivity contribution is -0.424. The molecule has 0 heterocycles. The van der Waals surface area contributed by atoms with Gasteiger partial charge in [-0.3, -0.25) is 0 Å². The zero-order chi connectivity index (χ0) is 29.1. The Bertz CT molecular complexity index is 846. The Morgan fingerprint density at radius 1 is 0.872 bits per heavy atom. The minimum Gasteiger partial charge on any atom is -0.393 e. The second-order valence-electron chi connectivity index (χ2n) is 12.5. The van der Waals surface area contributed by atoms with E-state index in [-0.39, 0.29) is 6.42 Å². The van der Waals surface area contributed by atoms with Gasteiger partial charge in [0.25, 0.3) is 0 Å². The van der Waals surface area contributed by atoms with Crippen LogP contribution in [0.5, 0.6) is 0 Å². The van der Waals surface area contributed by atoms with Crippen LogP contribution in [0.25, 0.3) is 0 Å². The van der Waals surface area contributed by atoms with Crippen LogP contribution < -0.4 is 0 Å². The number of rotatable bonds is 8. The van der Waals surface area contributed by atoms with Crippen LogP contribution in [-0.4, -0.2) is 122 Å². The molecule has 4 saturated carbocycles. The fourth-order valence-corrected chi connectivity index (χ4v) is 8.77. The monoisotopic (exact) mass is 564 g/mol. The highest BCUT2D eigenvalue weighted by molar-refractivity contribution is 5.31. The Labute approximate surface area is 228 Å². The highest BCUT2D eigenvalue weighted by Gasteiger charge is 2.81. The predicted octanol–water partition coefficient (Wildman–Crippen LogP) is -2.32. The summed E-state index contributed by atoms with van der Waals surface area (Å²) in [6.45, 7) is 3.58. The highest BCUT2D eigenvalue weighted by atomic mass is 16.6. The molecule has 39 heavy (non-hydrogen) atoms. The molecule has 12 heteroatoms. The highest BCUT2D eigenvalue weighted by Crippen LogP contribution is 2.63. The molecule has 228 valence electrons. The van der Waals surface area contributed by atoms with E-state index < -0.39 is 102 Å². The normalized spacial score (nSPS) is 52.6. The second kappa shape index (κ2) is 11.3. The molecule has 0 aliphatic heterocycles. The zero-order valence-corrected chi connectivity index (χ0v) is 22.7. The first-order valence-electron chi connectivity index (χ1n) is 14.5. The van der Waals surface area contributed by atoms with Crippen LogP contribution in [-0.2, 0) is 4.74 Å². The van der Waals surface area contributed by atoms with Crippen molar-refractivity contribution in [3.05, 3.63) is 0 Å². The summed E-state index contributed by atoms with van der Waals surface area (Å²) in [6, 6.07) is 0. The molecule has 12 nitrogen and oxygen atoms in total. The topological polar surface area (TPSA) is 232 Å². The van der Waals surface area contributed by atoms with Gasteiger partial charge in [0.1, 0.15) is 22.9 Å². The van der Waals surface area contributed by atoms with E-state index in [1.807, 2.05) is 6.92 Å². The number of unbranched alkanes of at least 4 members (excludes halogenated alkanes) is 2. The summed E-state index contributed by atoms with van der Waals surface area (Å²) in [5.74, 6) is -5.48. The molecule has 0 aromatic heterocycles. The third-order valence-corrected chi connectivity index (χ3v) is 10.6. The lowest BCUT2D eigenvalue weighted by atomic mass is 9.41. The van der Waals surface area contributed by atoms with Gasteiger partial charge in [0.2, 0.25) is 0 Å². The molecule has 0 saturated heterocycles. The lowest BCUT2D eigenvalue weighted by Gasteiger charge is -2.71. The van der Waals surface area contributed by atoms with E-state index in [0.717, 1.165) is 12.8 Å². The maximum absolute atomic E-state index is 12.7. The average molecular weight is 565 g/mol. The van der Waals surface area contributed by atoms with Gasteiger partial charge in [0.05, 0.1) is 36.4 Å². The molecule has 0 bridgehead atoms. The molecule has 0 aromatic carbocycles. The Balaban J connectivity index is 1.95. The smallest absolute Gasteiger partial charge is 0.159 e. The van der Waals surface area contributed by atoms with Crippen molar-refractivity contribution >= 4 is 0 Å².